The van der Waals surface area contributed by atoms with Gasteiger partial charge in [-0.15, -0.1) is 0 Å². The van der Waals surface area contributed by atoms with E-state index < -0.39 is 14.4 Å². The molecule has 1 unspecified atom stereocenters. The molecule has 3 rings (SSSR count). The third kappa shape index (κ3) is 8.22. The second-order valence-electron chi connectivity index (χ2n) is 9.90. The summed E-state index contributed by atoms with van der Waals surface area (Å²) in [6.07, 6.45) is 11.9. The van der Waals surface area contributed by atoms with Gasteiger partial charge in [0.1, 0.15) is 5.83 Å². The lowest BCUT2D eigenvalue weighted by Gasteiger charge is -2.21. The molecular weight excluding hydrogens is 512 g/mol. The Bertz CT molecular complexity index is 1260. The van der Waals surface area contributed by atoms with Crippen LogP contribution in [0.5, 0.6) is 0 Å². The first-order chi connectivity index (χ1) is 18.8. The molecule has 0 bridgehead atoms. The molecule has 0 spiro atoms. The second-order valence-corrected chi connectivity index (χ2v) is 10.8. The van der Waals surface area contributed by atoms with Crippen molar-refractivity contribution in [3.05, 3.63) is 107 Å². The van der Waals surface area contributed by atoms with Crippen molar-refractivity contribution >= 4 is 31.2 Å². The third-order valence-electron chi connectivity index (χ3n) is 6.92. The zero-order valence-corrected chi connectivity index (χ0v) is 24.3. The summed E-state index contributed by atoms with van der Waals surface area (Å²) in [4.78, 5) is 2.38. The Morgan fingerprint density at radius 1 is 1.03 bits per heavy atom. The maximum atomic E-state index is 15.0. The fourth-order valence-corrected chi connectivity index (χ4v) is 5.56. The zero-order chi connectivity index (χ0) is 28.4. The molecule has 6 heteroatoms. The van der Waals surface area contributed by atoms with Gasteiger partial charge >= 0.3 is 0 Å². The number of nitrogen functional groups attached to an aromatic ring is 1. The van der Waals surface area contributed by atoms with Gasteiger partial charge < -0.3 is 10.6 Å². The topological polar surface area (TPSA) is 29.3 Å². The number of benzene rings is 2. The van der Waals surface area contributed by atoms with E-state index in [1.54, 1.807) is 18.2 Å². The van der Waals surface area contributed by atoms with E-state index in [0.717, 1.165) is 42.8 Å². The van der Waals surface area contributed by atoms with Crippen molar-refractivity contribution in [1.29, 1.82) is 0 Å². The summed E-state index contributed by atoms with van der Waals surface area (Å²) in [6, 6.07) is 14.4. The smallest absolute Gasteiger partial charge is 0.270 e. The van der Waals surface area contributed by atoms with Crippen LogP contribution in [-0.4, -0.2) is 24.2 Å². The van der Waals surface area contributed by atoms with Gasteiger partial charge in [0.2, 0.25) is 0 Å². The molecule has 1 heterocycles. The first-order valence-corrected chi connectivity index (χ1v) is 15.0. The van der Waals surface area contributed by atoms with Gasteiger partial charge in [0.05, 0.1) is 6.16 Å². The largest absolute Gasteiger partial charge is 0.398 e. The predicted octanol–water partition coefficient (Wildman–Crippen LogP) is 10.3. The van der Waals surface area contributed by atoms with Crippen LogP contribution in [0, 0.1) is 5.92 Å². The molecule has 0 aliphatic carbocycles. The lowest BCUT2D eigenvalue weighted by atomic mass is 9.88. The number of nitrogens with zero attached hydrogens (tertiary/aromatic N) is 1. The molecule has 0 amide bonds. The van der Waals surface area contributed by atoms with Gasteiger partial charge in [0.15, 0.2) is 0 Å². The SMILES string of the molecule is C/C=C(\C=C/C(=C/CC)N1CCC(C)C1)C(=C(/CP(F)F)c1ccccc1)/c1ccc(N)c(/C(F)=C/CC)c1. The summed E-state index contributed by atoms with van der Waals surface area (Å²) in [7, 11) is -3.23. The predicted molar refractivity (Wildman–Crippen MR) is 164 cm³/mol. The molecule has 0 radical (unpaired) electrons. The van der Waals surface area contributed by atoms with Crippen LogP contribution in [0.3, 0.4) is 0 Å². The number of rotatable bonds is 11. The monoisotopic (exact) mass is 552 g/mol. The highest BCUT2D eigenvalue weighted by atomic mass is 31.2. The maximum Gasteiger partial charge on any atom is 0.270 e. The highest BCUT2D eigenvalue weighted by Crippen LogP contribution is 2.46. The Labute approximate surface area is 233 Å². The number of hydrogen-bond acceptors (Lipinski definition) is 2. The van der Waals surface area contributed by atoms with Crippen LogP contribution < -0.4 is 5.73 Å². The molecule has 1 fully saturated rings. The molecule has 1 atom stereocenters. The highest BCUT2D eigenvalue weighted by Gasteiger charge is 2.22. The van der Waals surface area contributed by atoms with Crippen molar-refractivity contribution in [3.63, 3.8) is 0 Å². The number of allylic oxidation sites excluding steroid dienone is 8. The second kappa shape index (κ2) is 14.9. The molecule has 0 saturated carbocycles. The minimum Gasteiger partial charge on any atom is -0.398 e. The summed E-state index contributed by atoms with van der Waals surface area (Å²) >= 11 is 0. The van der Waals surface area contributed by atoms with E-state index >= 15 is 4.39 Å². The number of halogens is 3. The van der Waals surface area contributed by atoms with Gasteiger partial charge in [-0.3, -0.25) is 0 Å². The molecule has 0 aromatic heterocycles. The molecule has 1 saturated heterocycles. The van der Waals surface area contributed by atoms with Gasteiger partial charge in [-0.05, 0) is 84.2 Å². The number of hydrogen-bond donors (Lipinski definition) is 1. The quantitative estimate of drug-likeness (QED) is 0.130. The fraction of sp³-hybridized carbons (Fsp3) is 0.333. The maximum absolute atomic E-state index is 15.0. The fourth-order valence-electron chi connectivity index (χ4n) is 4.98. The first kappa shape index (κ1) is 30.5. The van der Waals surface area contributed by atoms with E-state index in [1.165, 1.54) is 6.08 Å². The van der Waals surface area contributed by atoms with Crippen LogP contribution in [0.4, 0.5) is 18.5 Å². The Balaban J connectivity index is 2.25. The average Bonchev–Trinajstić information content (AvgIpc) is 3.36. The lowest BCUT2D eigenvalue weighted by Crippen LogP contribution is -2.18. The van der Waals surface area contributed by atoms with Crippen molar-refractivity contribution in [2.45, 2.75) is 47.0 Å². The number of likely N-dealkylation sites (tertiary alicyclic amines) is 1. The molecule has 2 N–H and O–H groups in total. The molecular formula is C33H40F3N2P. The van der Waals surface area contributed by atoms with Crippen LogP contribution in [0.25, 0.3) is 17.0 Å². The van der Waals surface area contributed by atoms with E-state index in [4.69, 9.17) is 5.73 Å². The summed E-state index contributed by atoms with van der Waals surface area (Å²) in [5.74, 6) is 0.220. The summed E-state index contributed by atoms with van der Waals surface area (Å²) < 4.78 is 43.3. The Morgan fingerprint density at radius 3 is 2.33 bits per heavy atom. The van der Waals surface area contributed by atoms with Gasteiger partial charge in [-0.25, -0.2) is 4.39 Å². The summed E-state index contributed by atoms with van der Waals surface area (Å²) in [5, 5.41) is 0. The molecule has 1 aliphatic heterocycles. The first-order valence-electron chi connectivity index (χ1n) is 13.7. The summed E-state index contributed by atoms with van der Waals surface area (Å²) in [5.41, 5.74) is 11.3. The minimum atomic E-state index is -3.23. The van der Waals surface area contributed by atoms with Crippen LogP contribution >= 0.6 is 8.54 Å². The van der Waals surface area contributed by atoms with Crippen LogP contribution in [0.15, 0.2) is 90.2 Å². The zero-order valence-electron chi connectivity index (χ0n) is 23.4. The van der Waals surface area contributed by atoms with Crippen molar-refractivity contribution in [1.82, 2.24) is 4.90 Å². The van der Waals surface area contributed by atoms with Crippen molar-refractivity contribution in [2.24, 2.45) is 5.92 Å². The lowest BCUT2D eigenvalue weighted by molar-refractivity contribution is 0.421. The molecule has 2 aromatic carbocycles. The summed E-state index contributed by atoms with van der Waals surface area (Å²) in [6.45, 7) is 10.1. The molecule has 2 aromatic rings. The van der Waals surface area contributed by atoms with E-state index in [-0.39, 0.29) is 11.7 Å². The standard InChI is InChI=1S/C33H40F3N2P/c1-5-11-28(38-20-19-24(4)22-38)17-15-25(7-3)33(30(23-39(35)36)26-13-9-8-10-14-26)27-16-18-32(37)29(21-27)31(34)12-6-2/h7-18,21,24H,5-6,19-20,22-23,37H2,1-4H3/b17-15-,25-7+,28-11-,31-12-,33-30+. The molecule has 39 heavy (non-hydrogen) atoms. The van der Waals surface area contributed by atoms with Crippen LogP contribution in [0.1, 0.15) is 63.6 Å². The highest BCUT2D eigenvalue weighted by molar-refractivity contribution is 7.47. The number of anilines is 1. The van der Waals surface area contributed by atoms with E-state index in [0.29, 0.717) is 34.7 Å². The van der Waals surface area contributed by atoms with Crippen LogP contribution in [0.2, 0.25) is 0 Å². The molecule has 1 aliphatic rings. The van der Waals surface area contributed by atoms with Gasteiger partial charge in [0, 0.05) is 30.0 Å². The van der Waals surface area contributed by atoms with E-state index in [9.17, 15) is 8.39 Å². The Kier molecular flexibility index (Phi) is 11.7. The van der Waals surface area contributed by atoms with E-state index in [2.05, 4.69) is 30.9 Å². The average molecular weight is 553 g/mol. The minimum absolute atomic E-state index is 0.277. The van der Waals surface area contributed by atoms with Gasteiger partial charge in [-0.1, -0.05) is 75.4 Å². The Hall–Kier alpha value is -3.04. The Morgan fingerprint density at radius 2 is 1.74 bits per heavy atom. The van der Waals surface area contributed by atoms with Crippen molar-refractivity contribution in [2.75, 3.05) is 25.0 Å². The van der Waals surface area contributed by atoms with Gasteiger partial charge in [0.25, 0.3) is 8.54 Å². The normalized spacial score (nSPS) is 17.9. The number of nitrogens with two attached hydrogens (primary N) is 1. The van der Waals surface area contributed by atoms with Crippen LogP contribution in [-0.2, 0) is 0 Å². The van der Waals surface area contributed by atoms with Gasteiger partial charge in [-0.2, -0.15) is 8.39 Å². The molecule has 208 valence electrons. The molecule has 2 nitrogen and oxygen atoms in total. The van der Waals surface area contributed by atoms with E-state index in [1.807, 2.05) is 56.3 Å². The van der Waals surface area contributed by atoms with Crippen molar-refractivity contribution < 1.29 is 12.8 Å². The third-order valence-corrected chi connectivity index (χ3v) is 7.48. The van der Waals surface area contributed by atoms with Crippen molar-refractivity contribution in [3.8, 4) is 0 Å².